The Bertz CT molecular complexity index is 1290. The van der Waals surface area contributed by atoms with Crippen molar-refractivity contribution in [3.8, 4) is 17.2 Å². The van der Waals surface area contributed by atoms with Gasteiger partial charge in [-0.15, -0.1) is 0 Å². The minimum Gasteiger partial charge on any atom is -0.507 e. The van der Waals surface area contributed by atoms with E-state index >= 15 is 0 Å². The zero-order chi connectivity index (χ0) is 30.8. The molecule has 2 fully saturated rings. The Morgan fingerprint density at radius 1 is 0.930 bits per heavy atom. The lowest BCUT2D eigenvalue weighted by molar-refractivity contribution is -0.140. The summed E-state index contributed by atoms with van der Waals surface area (Å²) in [5.74, 6) is 0.277. The van der Waals surface area contributed by atoms with Crippen LogP contribution < -0.4 is 14.2 Å². The van der Waals surface area contributed by atoms with Crippen LogP contribution in [0.5, 0.6) is 17.2 Å². The lowest BCUT2D eigenvalue weighted by Crippen LogP contribution is -2.42. The molecule has 0 aliphatic carbocycles. The second kappa shape index (κ2) is 15.8. The minimum atomic E-state index is -0.788. The topological polar surface area (TPSA) is 97.8 Å². The SMILES string of the molecule is CCCCCOc1ccc(C2/C(=C(\O)c3ccc(OCCCC)cc3C)C(=O)C(=O)N2CCN2CCOCC2)cc1OC. The molecule has 2 heterocycles. The van der Waals surface area contributed by atoms with Gasteiger partial charge in [-0.3, -0.25) is 14.5 Å². The van der Waals surface area contributed by atoms with Crippen molar-refractivity contribution in [1.82, 2.24) is 9.80 Å². The van der Waals surface area contributed by atoms with Crippen LogP contribution in [0.2, 0.25) is 0 Å². The highest BCUT2D eigenvalue weighted by molar-refractivity contribution is 6.46. The van der Waals surface area contributed by atoms with E-state index in [2.05, 4.69) is 18.7 Å². The van der Waals surface area contributed by atoms with Crippen LogP contribution >= 0.6 is 0 Å². The van der Waals surface area contributed by atoms with E-state index in [-0.39, 0.29) is 11.3 Å². The molecule has 1 atom stereocenters. The highest BCUT2D eigenvalue weighted by Crippen LogP contribution is 2.42. The van der Waals surface area contributed by atoms with Crippen molar-refractivity contribution in [2.75, 3.05) is 59.7 Å². The van der Waals surface area contributed by atoms with Gasteiger partial charge in [-0.05, 0) is 61.2 Å². The first-order valence-corrected chi connectivity index (χ1v) is 15.5. The van der Waals surface area contributed by atoms with E-state index in [0.29, 0.717) is 67.9 Å². The van der Waals surface area contributed by atoms with Gasteiger partial charge in [0.05, 0.1) is 45.2 Å². The second-order valence-corrected chi connectivity index (χ2v) is 11.1. The van der Waals surface area contributed by atoms with E-state index in [1.54, 1.807) is 30.2 Å². The van der Waals surface area contributed by atoms with E-state index in [1.165, 1.54) is 0 Å². The van der Waals surface area contributed by atoms with Gasteiger partial charge < -0.3 is 29.0 Å². The van der Waals surface area contributed by atoms with Gasteiger partial charge in [-0.2, -0.15) is 0 Å². The van der Waals surface area contributed by atoms with Gasteiger partial charge in [-0.1, -0.05) is 39.2 Å². The van der Waals surface area contributed by atoms with Gasteiger partial charge in [0.2, 0.25) is 0 Å². The number of hydrogen-bond acceptors (Lipinski definition) is 8. The maximum absolute atomic E-state index is 13.6. The molecule has 0 bridgehead atoms. The normalized spacial score (nSPS) is 18.7. The summed E-state index contributed by atoms with van der Waals surface area (Å²) in [6, 6.07) is 10.1. The van der Waals surface area contributed by atoms with Crippen molar-refractivity contribution in [3.63, 3.8) is 0 Å². The number of unbranched alkanes of at least 4 members (excludes halogenated alkanes) is 3. The number of rotatable bonds is 15. The van der Waals surface area contributed by atoms with Crippen LogP contribution in [-0.4, -0.2) is 86.3 Å². The molecule has 4 rings (SSSR count). The number of nitrogens with zero attached hydrogens (tertiary/aromatic N) is 2. The summed E-state index contributed by atoms with van der Waals surface area (Å²) in [6.07, 6.45) is 5.07. The van der Waals surface area contributed by atoms with Gasteiger partial charge in [0.15, 0.2) is 11.5 Å². The molecule has 2 saturated heterocycles. The van der Waals surface area contributed by atoms with Gasteiger partial charge in [0.25, 0.3) is 11.7 Å². The third-order valence-corrected chi connectivity index (χ3v) is 8.03. The molecule has 2 aliphatic heterocycles. The second-order valence-electron chi connectivity index (χ2n) is 11.1. The zero-order valence-corrected chi connectivity index (χ0v) is 26.0. The number of aliphatic hydroxyl groups excluding tert-OH is 1. The number of aliphatic hydroxyl groups is 1. The van der Waals surface area contributed by atoms with Crippen molar-refractivity contribution in [1.29, 1.82) is 0 Å². The molecule has 2 aliphatic rings. The summed E-state index contributed by atoms with van der Waals surface area (Å²) < 4.78 is 23.0. The number of ether oxygens (including phenoxy) is 4. The number of likely N-dealkylation sites (tertiary alicyclic amines) is 1. The first-order chi connectivity index (χ1) is 20.9. The molecule has 0 radical (unpaired) electrons. The van der Waals surface area contributed by atoms with Crippen LogP contribution in [0.25, 0.3) is 5.76 Å². The zero-order valence-electron chi connectivity index (χ0n) is 26.0. The molecule has 1 unspecified atom stereocenters. The lowest BCUT2D eigenvalue weighted by atomic mass is 9.93. The van der Waals surface area contributed by atoms with Crippen molar-refractivity contribution < 1.29 is 33.6 Å². The number of methoxy groups -OCH3 is 1. The maximum atomic E-state index is 13.6. The number of morpholine rings is 1. The Hall–Kier alpha value is -3.56. The minimum absolute atomic E-state index is 0.0633. The first-order valence-electron chi connectivity index (χ1n) is 15.5. The van der Waals surface area contributed by atoms with E-state index < -0.39 is 17.7 Å². The van der Waals surface area contributed by atoms with Crippen LogP contribution in [0.3, 0.4) is 0 Å². The molecule has 2 aromatic rings. The molecule has 1 N–H and O–H groups in total. The van der Waals surface area contributed by atoms with Crippen LogP contribution in [-0.2, 0) is 14.3 Å². The highest BCUT2D eigenvalue weighted by Gasteiger charge is 2.46. The fourth-order valence-corrected chi connectivity index (χ4v) is 5.51. The third kappa shape index (κ3) is 7.89. The number of Topliss-reactive ketones (excluding diaryl/α,β-unsaturated/α-hetero) is 1. The Kier molecular flexibility index (Phi) is 11.9. The smallest absolute Gasteiger partial charge is 0.295 e. The molecule has 0 saturated carbocycles. The number of benzene rings is 2. The van der Waals surface area contributed by atoms with Gasteiger partial charge in [0.1, 0.15) is 11.5 Å². The number of carbonyl (C=O) groups is 2. The molecular formula is C34H46N2O7. The number of ketones is 1. The summed E-state index contributed by atoms with van der Waals surface area (Å²) in [5.41, 5.74) is 1.96. The standard InChI is InChI=1S/C34H46N2O7/c1-5-7-9-19-43-28-13-10-25(23-29(28)40-4)31-30(32(37)27-12-11-26(22-24(27)3)42-18-8-6-2)33(38)34(39)36(31)15-14-35-16-20-41-21-17-35/h10-13,22-23,31,37H,5-9,14-21H2,1-4H3/b32-30+. The summed E-state index contributed by atoms with van der Waals surface area (Å²) >= 11 is 0. The van der Waals surface area contributed by atoms with E-state index in [1.807, 2.05) is 25.1 Å². The molecule has 1 amide bonds. The number of amides is 1. The maximum Gasteiger partial charge on any atom is 0.295 e. The Morgan fingerprint density at radius 3 is 2.37 bits per heavy atom. The molecule has 0 aromatic heterocycles. The Morgan fingerprint density at radius 2 is 1.67 bits per heavy atom. The average Bonchev–Trinajstić information content (AvgIpc) is 3.27. The van der Waals surface area contributed by atoms with Gasteiger partial charge in [-0.25, -0.2) is 0 Å². The molecular weight excluding hydrogens is 548 g/mol. The lowest BCUT2D eigenvalue weighted by Gasteiger charge is -2.31. The number of carbonyl (C=O) groups excluding carboxylic acids is 2. The molecule has 9 heteroatoms. The highest BCUT2D eigenvalue weighted by atomic mass is 16.5. The fourth-order valence-electron chi connectivity index (χ4n) is 5.51. The van der Waals surface area contributed by atoms with E-state index in [0.717, 1.165) is 50.8 Å². The Labute approximate surface area is 255 Å². The summed E-state index contributed by atoms with van der Waals surface area (Å²) in [4.78, 5) is 30.9. The van der Waals surface area contributed by atoms with Crippen molar-refractivity contribution in [2.24, 2.45) is 0 Å². The third-order valence-electron chi connectivity index (χ3n) is 8.03. The average molecular weight is 595 g/mol. The fraction of sp³-hybridized carbons (Fsp3) is 0.529. The first kappa shape index (κ1) is 32.4. The predicted octanol–water partition coefficient (Wildman–Crippen LogP) is 5.51. The van der Waals surface area contributed by atoms with E-state index in [4.69, 9.17) is 18.9 Å². The van der Waals surface area contributed by atoms with Crippen LogP contribution in [0.15, 0.2) is 42.0 Å². The summed E-state index contributed by atoms with van der Waals surface area (Å²) in [5, 5.41) is 11.7. The predicted molar refractivity (Wildman–Crippen MR) is 166 cm³/mol. The molecule has 9 nitrogen and oxygen atoms in total. The molecule has 2 aromatic carbocycles. The van der Waals surface area contributed by atoms with E-state index in [9.17, 15) is 14.7 Å². The van der Waals surface area contributed by atoms with Crippen LogP contribution in [0.4, 0.5) is 0 Å². The van der Waals surface area contributed by atoms with Crippen LogP contribution in [0, 0.1) is 6.92 Å². The molecule has 234 valence electrons. The van der Waals surface area contributed by atoms with Crippen molar-refractivity contribution in [2.45, 2.75) is 58.9 Å². The Balaban J connectivity index is 1.71. The summed E-state index contributed by atoms with van der Waals surface area (Å²) in [7, 11) is 1.57. The quantitative estimate of drug-likeness (QED) is 0.125. The summed E-state index contributed by atoms with van der Waals surface area (Å²) in [6.45, 7) is 11.0. The molecule has 43 heavy (non-hydrogen) atoms. The number of hydrogen-bond donors (Lipinski definition) is 1. The van der Waals surface area contributed by atoms with Gasteiger partial charge >= 0.3 is 0 Å². The largest absolute Gasteiger partial charge is 0.507 e. The van der Waals surface area contributed by atoms with Crippen molar-refractivity contribution >= 4 is 17.4 Å². The van der Waals surface area contributed by atoms with Crippen LogP contribution in [0.1, 0.15) is 68.7 Å². The van der Waals surface area contributed by atoms with Gasteiger partial charge in [0, 0.05) is 31.7 Å². The monoisotopic (exact) mass is 594 g/mol. The molecule has 0 spiro atoms. The van der Waals surface area contributed by atoms with Crippen molar-refractivity contribution in [3.05, 3.63) is 58.7 Å². The number of aryl methyl sites for hydroxylation is 1.